The van der Waals surface area contributed by atoms with Crippen LogP contribution >= 0.6 is 11.3 Å². The van der Waals surface area contributed by atoms with Gasteiger partial charge in [-0.3, -0.25) is 20.3 Å². The van der Waals surface area contributed by atoms with E-state index in [-0.39, 0.29) is 18.2 Å². The highest BCUT2D eigenvalue weighted by Crippen LogP contribution is 2.28. The molecule has 0 aliphatic carbocycles. The summed E-state index contributed by atoms with van der Waals surface area (Å²) in [6.07, 6.45) is 0. The number of carbonyl (C=O) groups is 1. The number of nitro benzene ring substituents is 1. The van der Waals surface area contributed by atoms with Crippen molar-refractivity contribution >= 4 is 22.9 Å². The van der Waals surface area contributed by atoms with E-state index in [1.54, 1.807) is 31.2 Å². The molecule has 1 heterocycles. The number of hydrazine groups is 1. The Morgan fingerprint density at radius 1 is 1.43 bits per heavy atom. The quantitative estimate of drug-likeness (QED) is 0.381. The van der Waals surface area contributed by atoms with Gasteiger partial charge in [0.15, 0.2) is 0 Å². The Kier molecular flexibility index (Phi) is 4.51. The fraction of sp³-hybridized carbons (Fsp3) is 0.154. The van der Waals surface area contributed by atoms with E-state index in [1.165, 1.54) is 17.4 Å². The van der Waals surface area contributed by atoms with Crippen LogP contribution in [0.5, 0.6) is 5.75 Å². The second kappa shape index (κ2) is 6.33. The summed E-state index contributed by atoms with van der Waals surface area (Å²) in [5.74, 6) is 5.14. The molecular weight excluding hydrogens is 294 g/mol. The molecule has 2 rings (SSSR count). The van der Waals surface area contributed by atoms with Crippen molar-refractivity contribution in [2.75, 3.05) is 0 Å². The predicted molar refractivity (Wildman–Crippen MR) is 78.1 cm³/mol. The van der Waals surface area contributed by atoms with E-state index in [2.05, 4.69) is 5.43 Å². The summed E-state index contributed by atoms with van der Waals surface area (Å²) < 4.78 is 5.58. The van der Waals surface area contributed by atoms with Crippen LogP contribution in [0.1, 0.15) is 20.1 Å². The van der Waals surface area contributed by atoms with Gasteiger partial charge < -0.3 is 4.74 Å². The van der Waals surface area contributed by atoms with Gasteiger partial charge in [-0.1, -0.05) is 6.07 Å². The van der Waals surface area contributed by atoms with E-state index in [0.717, 1.165) is 4.88 Å². The summed E-state index contributed by atoms with van der Waals surface area (Å²) in [6.45, 7) is 1.86. The summed E-state index contributed by atoms with van der Waals surface area (Å²) in [6, 6.07) is 8.07. The Morgan fingerprint density at radius 3 is 2.86 bits per heavy atom. The molecule has 0 aliphatic rings. The highest BCUT2D eigenvalue weighted by atomic mass is 32.1. The van der Waals surface area contributed by atoms with Crippen LogP contribution in [0.3, 0.4) is 0 Å². The van der Waals surface area contributed by atoms with Gasteiger partial charge in [-0.25, -0.2) is 5.84 Å². The third-order valence-corrected chi connectivity index (χ3v) is 3.90. The first kappa shape index (κ1) is 14.9. The Labute approximate surface area is 124 Å². The first-order valence-electron chi connectivity index (χ1n) is 5.99. The molecular formula is C13H13N3O4S. The van der Waals surface area contributed by atoms with Crippen LogP contribution in [-0.2, 0) is 6.61 Å². The molecule has 0 radical (unpaired) electrons. The molecule has 1 aromatic heterocycles. The van der Waals surface area contributed by atoms with Crippen LogP contribution < -0.4 is 16.0 Å². The third kappa shape index (κ3) is 3.36. The average molecular weight is 307 g/mol. The molecule has 7 nitrogen and oxygen atoms in total. The van der Waals surface area contributed by atoms with E-state index in [9.17, 15) is 14.9 Å². The Balaban J connectivity index is 2.10. The number of ether oxygens (including phenoxy) is 1. The lowest BCUT2D eigenvalue weighted by atomic mass is 10.2. The molecule has 110 valence electrons. The van der Waals surface area contributed by atoms with Crippen LogP contribution in [0.2, 0.25) is 0 Å². The van der Waals surface area contributed by atoms with Crippen molar-refractivity contribution in [1.29, 1.82) is 0 Å². The number of nitrogens with zero attached hydrogens (tertiary/aromatic N) is 1. The smallest absolute Gasteiger partial charge is 0.276 e. The summed E-state index contributed by atoms with van der Waals surface area (Å²) in [5.41, 5.74) is 2.54. The van der Waals surface area contributed by atoms with Gasteiger partial charge in [0.05, 0.1) is 15.4 Å². The highest BCUT2D eigenvalue weighted by Gasteiger charge is 2.14. The highest BCUT2D eigenvalue weighted by molar-refractivity contribution is 7.14. The van der Waals surface area contributed by atoms with E-state index < -0.39 is 4.92 Å². The third-order valence-electron chi connectivity index (χ3n) is 2.84. The van der Waals surface area contributed by atoms with Crippen molar-refractivity contribution in [3.8, 4) is 5.75 Å². The van der Waals surface area contributed by atoms with Gasteiger partial charge in [0.25, 0.3) is 11.6 Å². The minimum atomic E-state index is -0.447. The monoisotopic (exact) mass is 307 g/mol. The normalized spacial score (nSPS) is 10.2. The number of amides is 1. The maximum absolute atomic E-state index is 11.3. The average Bonchev–Trinajstić information content (AvgIpc) is 2.94. The summed E-state index contributed by atoms with van der Waals surface area (Å²) in [5, 5.41) is 10.9. The number of hydrogen-bond acceptors (Lipinski definition) is 6. The summed E-state index contributed by atoms with van der Waals surface area (Å²) in [7, 11) is 0. The fourth-order valence-electron chi connectivity index (χ4n) is 1.75. The molecule has 21 heavy (non-hydrogen) atoms. The second-order valence-corrected chi connectivity index (χ2v) is 5.35. The number of nitro groups is 1. The van der Waals surface area contributed by atoms with Crippen LogP contribution in [0.25, 0.3) is 0 Å². The number of thiophene rings is 1. The zero-order chi connectivity index (χ0) is 15.4. The van der Waals surface area contributed by atoms with Crippen LogP contribution in [0.15, 0.2) is 30.3 Å². The number of rotatable bonds is 5. The van der Waals surface area contributed by atoms with Crippen LogP contribution in [-0.4, -0.2) is 10.8 Å². The first-order chi connectivity index (χ1) is 10.0. The number of hydrogen-bond donors (Lipinski definition) is 2. The molecule has 1 amide bonds. The van der Waals surface area contributed by atoms with Crippen molar-refractivity contribution < 1.29 is 14.5 Å². The van der Waals surface area contributed by atoms with Crippen LogP contribution in [0.4, 0.5) is 5.69 Å². The maximum Gasteiger partial charge on any atom is 0.276 e. The lowest BCUT2D eigenvalue weighted by Gasteiger charge is -2.07. The van der Waals surface area contributed by atoms with Crippen molar-refractivity contribution in [3.63, 3.8) is 0 Å². The minimum Gasteiger partial charge on any atom is -0.488 e. The topological polar surface area (TPSA) is 107 Å². The minimum absolute atomic E-state index is 0.0156. The standard InChI is InChI=1S/C13H13N3O4S/c1-8-10(16(18)19)3-2-4-11(8)20-7-9-5-6-12(21-9)13(17)15-14/h2-6H,7,14H2,1H3,(H,15,17). The lowest BCUT2D eigenvalue weighted by molar-refractivity contribution is -0.385. The molecule has 0 bridgehead atoms. The zero-order valence-electron chi connectivity index (χ0n) is 11.2. The number of benzene rings is 1. The van der Waals surface area contributed by atoms with Gasteiger partial charge in [0.1, 0.15) is 12.4 Å². The molecule has 1 aromatic carbocycles. The molecule has 0 spiro atoms. The Bertz CT molecular complexity index is 684. The van der Waals surface area contributed by atoms with Crippen LogP contribution in [0, 0.1) is 17.0 Å². The first-order valence-corrected chi connectivity index (χ1v) is 6.81. The Hall–Kier alpha value is -2.45. The molecule has 3 N–H and O–H groups in total. The molecule has 8 heteroatoms. The lowest BCUT2D eigenvalue weighted by Crippen LogP contribution is -2.29. The van der Waals surface area contributed by atoms with E-state index in [1.807, 2.05) is 0 Å². The van der Waals surface area contributed by atoms with Crippen molar-refractivity contribution in [2.24, 2.45) is 5.84 Å². The van der Waals surface area contributed by atoms with E-state index in [0.29, 0.717) is 16.2 Å². The van der Waals surface area contributed by atoms with Gasteiger partial charge in [-0.05, 0) is 25.1 Å². The molecule has 2 aromatic rings. The van der Waals surface area contributed by atoms with Crippen molar-refractivity contribution in [2.45, 2.75) is 13.5 Å². The molecule has 0 fully saturated rings. The number of nitrogen functional groups attached to an aromatic ring is 1. The zero-order valence-corrected chi connectivity index (χ0v) is 12.0. The number of nitrogens with two attached hydrogens (primary N) is 1. The molecule has 0 saturated carbocycles. The summed E-state index contributed by atoms with van der Waals surface area (Å²) >= 11 is 1.25. The molecule has 0 aliphatic heterocycles. The van der Waals surface area contributed by atoms with Gasteiger partial charge in [0.2, 0.25) is 0 Å². The van der Waals surface area contributed by atoms with E-state index in [4.69, 9.17) is 10.6 Å². The van der Waals surface area contributed by atoms with Gasteiger partial charge in [0, 0.05) is 10.9 Å². The fourth-order valence-corrected chi connectivity index (χ4v) is 2.58. The second-order valence-electron chi connectivity index (χ2n) is 4.19. The number of carbonyl (C=O) groups excluding carboxylic acids is 1. The SMILES string of the molecule is Cc1c(OCc2ccc(C(=O)NN)s2)cccc1[N+](=O)[O-]. The Morgan fingerprint density at radius 2 is 2.19 bits per heavy atom. The maximum atomic E-state index is 11.3. The van der Waals surface area contributed by atoms with Crippen molar-refractivity contribution in [1.82, 2.24) is 5.43 Å². The van der Waals surface area contributed by atoms with Gasteiger partial charge in [-0.15, -0.1) is 11.3 Å². The van der Waals surface area contributed by atoms with Gasteiger partial charge >= 0.3 is 0 Å². The van der Waals surface area contributed by atoms with Gasteiger partial charge in [-0.2, -0.15) is 0 Å². The largest absolute Gasteiger partial charge is 0.488 e. The summed E-state index contributed by atoms with van der Waals surface area (Å²) in [4.78, 5) is 23.0. The predicted octanol–water partition coefficient (Wildman–Crippen LogP) is 2.15. The molecule has 0 unspecified atom stereocenters. The van der Waals surface area contributed by atoms with E-state index >= 15 is 0 Å². The molecule has 0 atom stereocenters. The molecule has 0 saturated heterocycles. The van der Waals surface area contributed by atoms with Crippen molar-refractivity contribution in [3.05, 3.63) is 55.8 Å². The number of nitrogens with one attached hydrogen (secondary N) is 1.